The summed E-state index contributed by atoms with van der Waals surface area (Å²) < 4.78 is 0. The van der Waals surface area contributed by atoms with Gasteiger partial charge in [0.15, 0.2) is 0 Å². The van der Waals surface area contributed by atoms with Gasteiger partial charge in [0.05, 0.1) is 34.7 Å². The van der Waals surface area contributed by atoms with Crippen molar-refractivity contribution >= 4 is 32.8 Å². The van der Waals surface area contributed by atoms with Crippen molar-refractivity contribution in [1.82, 2.24) is 30.6 Å². The maximum absolute atomic E-state index is 4.33. The Hall–Kier alpha value is -4.00. The molecule has 2 fully saturated rings. The molecular weight excluding hydrogens is 468 g/mol. The first-order valence-electron chi connectivity index (χ1n) is 13.7. The molecule has 2 aliphatic rings. The zero-order chi connectivity index (χ0) is 25.6. The molecule has 0 bridgehead atoms. The van der Waals surface area contributed by atoms with E-state index in [4.69, 9.17) is 0 Å². The van der Waals surface area contributed by atoms with Crippen LogP contribution in [-0.2, 0) is 0 Å². The first kappa shape index (κ1) is 24.3. The molecule has 0 aliphatic carbocycles. The Labute approximate surface area is 222 Å². The fraction of sp³-hybridized carbons (Fsp3) is 0.250. The summed E-state index contributed by atoms with van der Waals surface area (Å²) >= 11 is 0. The van der Waals surface area contributed by atoms with E-state index in [-0.39, 0.29) is 0 Å². The molecule has 38 heavy (non-hydrogen) atoms. The van der Waals surface area contributed by atoms with E-state index in [9.17, 15) is 0 Å². The molecule has 192 valence electrons. The molecule has 6 aromatic rings. The Morgan fingerprint density at radius 1 is 0.500 bits per heavy atom. The second-order valence-electron chi connectivity index (χ2n) is 9.89. The van der Waals surface area contributed by atoms with Gasteiger partial charge in [0, 0.05) is 0 Å². The van der Waals surface area contributed by atoms with Gasteiger partial charge in [-0.2, -0.15) is 0 Å². The van der Waals surface area contributed by atoms with Crippen LogP contribution < -0.4 is 10.6 Å². The molecule has 0 spiro atoms. The maximum atomic E-state index is 4.33. The number of hydrogen-bond acceptors (Lipinski definition) is 4. The van der Waals surface area contributed by atoms with Crippen LogP contribution in [0.25, 0.3) is 55.1 Å². The number of hydrogen-bond donors (Lipinski definition) is 4. The van der Waals surface area contributed by atoms with Gasteiger partial charge in [0.25, 0.3) is 0 Å². The average Bonchev–Trinajstić information content (AvgIpc) is 3.80. The van der Waals surface area contributed by atoms with E-state index in [0.717, 1.165) is 22.1 Å². The second kappa shape index (κ2) is 11.6. The zero-order valence-corrected chi connectivity index (χ0v) is 21.6. The Kier molecular flexibility index (Phi) is 7.42. The minimum Gasteiger partial charge on any atom is -0.345 e. The number of aromatic amines is 2. The van der Waals surface area contributed by atoms with Crippen LogP contribution in [0.3, 0.4) is 0 Å². The van der Waals surface area contributed by atoms with Crippen LogP contribution in [0.5, 0.6) is 0 Å². The van der Waals surface area contributed by atoms with Crippen molar-refractivity contribution in [2.24, 2.45) is 0 Å². The molecule has 0 radical (unpaired) electrons. The molecule has 8 rings (SSSR count). The fourth-order valence-electron chi connectivity index (χ4n) is 5.27. The lowest BCUT2D eigenvalue weighted by Crippen LogP contribution is -2.03. The van der Waals surface area contributed by atoms with Gasteiger partial charge in [-0.05, 0) is 109 Å². The predicted molar refractivity (Wildman–Crippen MR) is 158 cm³/mol. The van der Waals surface area contributed by atoms with Crippen LogP contribution in [0.1, 0.15) is 25.7 Å². The lowest BCUT2D eigenvalue weighted by Gasteiger charge is -2.11. The largest absolute Gasteiger partial charge is 0.345 e. The average molecular weight is 503 g/mol. The summed E-state index contributed by atoms with van der Waals surface area (Å²) in [5.41, 5.74) is 8.88. The van der Waals surface area contributed by atoms with Crippen molar-refractivity contribution < 1.29 is 0 Å². The van der Waals surface area contributed by atoms with Crippen molar-refractivity contribution in [3.05, 3.63) is 85.5 Å². The number of nitrogens with one attached hydrogen (secondary N) is 4. The van der Waals surface area contributed by atoms with E-state index in [1.54, 1.807) is 12.7 Å². The van der Waals surface area contributed by atoms with Crippen LogP contribution in [0.15, 0.2) is 85.5 Å². The lowest BCUT2D eigenvalue weighted by molar-refractivity contribution is 0.857. The summed E-state index contributed by atoms with van der Waals surface area (Å²) in [6.07, 6.45) is 9.03. The fourth-order valence-corrected chi connectivity index (χ4v) is 5.27. The van der Waals surface area contributed by atoms with Crippen LogP contribution in [-0.4, -0.2) is 46.1 Å². The topological polar surface area (TPSA) is 81.4 Å². The smallest absolute Gasteiger partial charge is 0.0931 e. The first-order valence-corrected chi connectivity index (χ1v) is 13.7. The highest BCUT2D eigenvalue weighted by molar-refractivity contribution is 6.05. The maximum Gasteiger partial charge on any atom is 0.0931 e. The number of benzene rings is 4. The number of nitrogens with zero attached hydrogens (tertiary/aromatic N) is 2. The molecule has 4 heterocycles. The van der Waals surface area contributed by atoms with Gasteiger partial charge in [0.1, 0.15) is 0 Å². The zero-order valence-electron chi connectivity index (χ0n) is 21.6. The van der Waals surface area contributed by atoms with Gasteiger partial charge in [-0.3, -0.25) is 0 Å². The van der Waals surface area contributed by atoms with Crippen molar-refractivity contribution in [3.8, 4) is 22.3 Å². The molecule has 6 nitrogen and oxygen atoms in total. The molecule has 0 unspecified atom stereocenters. The standard InChI is InChI=1S/C24H16N4.2C4H9N/c1-3-17(15-7-9-21-23(11-15)27-13-25-21)20-6-2-4-18(19(20)5-1)16-8-10-22-24(12-16)28-14-26-22;2*1-2-4-5-3-1/h1-14H,(H,25,27)(H,26,28);2*5H,1-4H2. The van der Waals surface area contributed by atoms with E-state index >= 15 is 0 Å². The second-order valence-corrected chi connectivity index (χ2v) is 9.89. The Morgan fingerprint density at radius 3 is 1.34 bits per heavy atom. The summed E-state index contributed by atoms with van der Waals surface area (Å²) in [5.74, 6) is 0. The number of imidazole rings is 2. The van der Waals surface area contributed by atoms with Gasteiger partial charge < -0.3 is 20.6 Å². The summed E-state index contributed by atoms with van der Waals surface area (Å²) in [4.78, 5) is 15.1. The molecule has 0 amide bonds. The van der Waals surface area contributed by atoms with Crippen molar-refractivity contribution in [3.63, 3.8) is 0 Å². The normalized spacial score (nSPS) is 14.8. The summed E-state index contributed by atoms with van der Waals surface area (Å²) in [5, 5.41) is 8.92. The van der Waals surface area contributed by atoms with E-state index in [0.29, 0.717) is 0 Å². The van der Waals surface area contributed by atoms with Crippen molar-refractivity contribution in [2.75, 3.05) is 26.2 Å². The van der Waals surface area contributed by atoms with Crippen molar-refractivity contribution in [2.45, 2.75) is 25.7 Å². The Balaban J connectivity index is 0.000000221. The van der Waals surface area contributed by atoms with E-state index in [1.807, 2.05) is 0 Å². The monoisotopic (exact) mass is 502 g/mol. The highest BCUT2D eigenvalue weighted by atomic mass is 14.9. The Bertz CT molecular complexity index is 1500. The van der Waals surface area contributed by atoms with Crippen molar-refractivity contribution in [1.29, 1.82) is 0 Å². The van der Waals surface area contributed by atoms with Crippen LogP contribution in [0, 0.1) is 0 Å². The molecule has 4 N–H and O–H groups in total. The quantitative estimate of drug-likeness (QED) is 0.213. The van der Waals surface area contributed by atoms with Crippen LogP contribution in [0.4, 0.5) is 0 Å². The molecule has 2 aliphatic heterocycles. The van der Waals surface area contributed by atoms with E-state index in [1.165, 1.54) is 84.9 Å². The minimum absolute atomic E-state index is 0.984. The lowest BCUT2D eigenvalue weighted by atomic mass is 9.93. The third kappa shape index (κ3) is 5.32. The summed E-state index contributed by atoms with van der Waals surface area (Å²) in [7, 11) is 0. The van der Waals surface area contributed by atoms with E-state index < -0.39 is 0 Å². The van der Waals surface area contributed by atoms with Gasteiger partial charge >= 0.3 is 0 Å². The van der Waals surface area contributed by atoms with Crippen LogP contribution >= 0.6 is 0 Å². The summed E-state index contributed by atoms with van der Waals surface area (Å²) in [6, 6.07) is 25.8. The molecule has 0 saturated carbocycles. The highest BCUT2D eigenvalue weighted by Gasteiger charge is 2.10. The highest BCUT2D eigenvalue weighted by Crippen LogP contribution is 2.36. The summed E-state index contributed by atoms with van der Waals surface area (Å²) in [6.45, 7) is 5.00. The molecular formula is C32H34N6. The number of fused-ring (bicyclic) bond motifs is 3. The molecule has 2 aromatic heterocycles. The minimum atomic E-state index is 0.984. The SMILES string of the molecule is C1CCNC1.C1CCNC1.c1cc(-c2ccc3nc[nH]c3c2)c2cccc(-c3ccc4nc[nH]c4c3)c2c1. The number of H-pyrrole nitrogens is 2. The van der Waals surface area contributed by atoms with Crippen LogP contribution in [0.2, 0.25) is 0 Å². The van der Waals surface area contributed by atoms with E-state index in [2.05, 4.69) is 103 Å². The Morgan fingerprint density at radius 2 is 0.947 bits per heavy atom. The van der Waals surface area contributed by atoms with Gasteiger partial charge in [-0.25, -0.2) is 9.97 Å². The number of rotatable bonds is 2. The van der Waals surface area contributed by atoms with Gasteiger partial charge in [-0.15, -0.1) is 0 Å². The predicted octanol–water partition coefficient (Wildman–Crippen LogP) is 6.67. The number of aromatic nitrogens is 4. The molecule has 2 saturated heterocycles. The van der Waals surface area contributed by atoms with Gasteiger partial charge in [0.2, 0.25) is 0 Å². The molecule has 4 aromatic carbocycles. The van der Waals surface area contributed by atoms with Gasteiger partial charge in [-0.1, -0.05) is 48.5 Å². The first-order chi connectivity index (χ1) is 18.9. The molecule has 0 atom stereocenters. The third-order valence-electron chi connectivity index (χ3n) is 7.30. The molecule has 6 heteroatoms. The third-order valence-corrected chi connectivity index (χ3v) is 7.30.